The molecule has 0 saturated heterocycles. The van der Waals surface area contributed by atoms with E-state index in [-0.39, 0.29) is 11.9 Å². The number of benzene rings is 3. The van der Waals surface area contributed by atoms with Gasteiger partial charge < -0.3 is 9.64 Å². The van der Waals surface area contributed by atoms with Crippen molar-refractivity contribution >= 4 is 17.6 Å². The lowest BCUT2D eigenvalue weighted by molar-refractivity contribution is -0.144. The molecule has 1 atom stereocenters. The molecule has 33 heavy (non-hydrogen) atoms. The average molecular weight is 453 g/mol. The molecule has 7 heteroatoms. The van der Waals surface area contributed by atoms with Crippen LogP contribution in [0.2, 0.25) is 0 Å². The second kappa shape index (κ2) is 8.73. The highest BCUT2D eigenvalue weighted by Crippen LogP contribution is 2.37. The predicted octanol–water partition coefficient (Wildman–Crippen LogP) is 6.20. The number of nitrogens with zero attached hydrogens (tertiary/aromatic N) is 1. The summed E-state index contributed by atoms with van der Waals surface area (Å²) in [5, 5.41) is 0. The van der Waals surface area contributed by atoms with Gasteiger partial charge in [0, 0.05) is 11.3 Å². The van der Waals surface area contributed by atoms with Gasteiger partial charge in [0.2, 0.25) is 0 Å². The van der Waals surface area contributed by atoms with Crippen molar-refractivity contribution in [2.75, 3.05) is 11.5 Å². The summed E-state index contributed by atoms with van der Waals surface area (Å²) in [6.45, 7) is 4.13. The Morgan fingerprint density at radius 2 is 1.64 bits per heavy atom. The van der Waals surface area contributed by atoms with Crippen LogP contribution in [0, 0.1) is 0 Å². The summed E-state index contributed by atoms with van der Waals surface area (Å²) in [5.41, 5.74) is 3.38. The van der Waals surface area contributed by atoms with E-state index in [9.17, 15) is 22.8 Å². The van der Waals surface area contributed by atoms with E-state index in [1.54, 1.807) is 55.1 Å². The number of hydrogen-bond donors (Lipinski definition) is 0. The third-order valence-corrected chi connectivity index (χ3v) is 5.84. The number of hydrogen-bond acceptors (Lipinski definition) is 3. The topological polar surface area (TPSA) is 46.6 Å². The summed E-state index contributed by atoms with van der Waals surface area (Å²) in [6.07, 6.45) is -4.40. The first kappa shape index (κ1) is 22.6. The molecule has 0 aromatic heterocycles. The lowest BCUT2D eigenvalue weighted by Crippen LogP contribution is -2.23. The molecular formula is C26H22F3NO3. The van der Waals surface area contributed by atoms with Gasteiger partial charge >= 0.3 is 12.1 Å². The molecule has 0 saturated carbocycles. The van der Waals surface area contributed by atoms with Crippen molar-refractivity contribution in [3.63, 3.8) is 0 Å². The quantitative estimate of drug-likeness (QED) is 0.432. The predicted molar refractivity (Wildman–Crippen MR) is 119 cm³/mol. The van der Waals surface area contributed by atoms with Crippen molar-refractivity contribution in [1.29, 1.82) is 0 Å². The van der Waals surface area contributed by atoms with E-state index in [2.05, 4.69) is 0 Å². The highest BCUT2D eigenvalue weighted by molar-refractivity contribution is 6.11. The molecule has 1 heterocycles. The van der Waals surface area contributed by atoms with Gasteiger partial charge in [-0.25, -0.2) is 0 Å². The van der Waals surface area contributed by atoms with Gasteiger partial charge in [-0.1, -0.05) is 36.4 Å². The number of carbonyl (C=O) groups is 2. The van der Waals surface area contributed by atoms with Crippen LogP contribution in [0.4, 0.5) is 18.9 Å². The number of halogens is 3. The highest BCUT2D eigenvalue weighted by Gasteiger charge is 2.32. The van der Waals surface area contributed by atoms with Gasteiger partial charge in [0.25, 0.3) is 5.91 Å². The maximum absolute atomic E-state index is 13.1. The molecule has 0 aliphatic carbocycles. The minimum atomic E-state index is -4.40. The molecule has 0 N–H and O–H groups in total. The van der Waals surface area contributed by atoms with E-state index in [0.29, 0.717) is 30.0 Å². The van der Waals surface area contributed by atoms with Crippen molar-refractivity contribution in [2.24, 2.45) is 0 Å². The van der Waals surface area contributed by atoms with Gasteiger partial charge in [-0.15, -0.1) is 0 Å². The van der Waals surface area contributed by atoms with E-state index in [1.807, 2.05) is 6.07 Å². The number of alkyl halides is 3. The number of amides is 1. The highest BCUT2D eigenvalue weighted by atomic mass is 19.4. The summed E-state index contributed by atoms with van der Waals surface area (Å²) < 4.78 is 43.8. The molecule has 0 bridgehead atoms. The molecule has 1 amide bonds. The van der Waals surface area contributed by atoms with E-state index in [1.165, 1.54) is 12.1 Å². The fraction of sp³-hybridized carbons (Fsp3) is 0.231. The maximum atomic E-state index is 13.1. The van der Waals surface area contributed by atoms with Gasteiger partial charge in [0.05, 0.1) is 24.6 Å². The van der Waals surface area contributed by atoms with Gasteiger partial charge in [-0.3, -0.25) is 9.59 Å². The van der Waals surface area contributed by atoms with Gasteiger partial charge in [-0.2, -0.15) is 13.2 Å². The molecule has 0 radical (unpaired) electrons. The van der Waals surface area contributed by atoms with Crippen LogP contribution in [0.1, 0.15) is 46.8 Å². The van der Waals surface area contributed by atoms with Gasteiger partial charge in [0.1, 0.15) is 0 Å². The molecule has 3 aromatic rings. The minimum absolute atomic E-state index is 0.176. The second-order valence-electron chi connectivity index (χ2n) is 7.86. The first-order valence-corrected chi connectivity index (χ1v) is 10.6. The summed E-state index contributed by atoms with van der Waals surface area (Å²) in [7, 11) is 0. The largest absolute Gasteiger partial charge is 0.466 e. The van der Waals surface area contributed by atoms with Crippen LogP contribution in [0.5, 0.6) is 0 Å². The van der Waals surface area contributed by atoms with E-state index in [4.69, 9.17) is 4.74 Å². The molecule has 4 rings (SSSR count). The number of fused-ring (bicyclic) bond motifs is 1. The molecule has 0 fully saturated rings. The van der Waals surface area contributed by atoms with Crippen molar-refractivity contribution in [2.45, 2.75) is 32.5 Å². The fourth-order valence-electron chi connectivity index (χ4n) is 4.00. The van der Waals surface area contributed by atoms with Crippen molar-refractivity contribution in [3.8, 4) is 11.1 Å². The molecule has 1 aliphatic rings. The van der Waals surface area contributed by atoms with Gasteiger partial charge in [-0.05, 0) is 66.4 Å². The third-order valence-electron chi connectivity index (χ3n) is 5.84. The first-order valence-electron chi connectivity index (χ1n) is 10.6. The van der Waals surface area contributed by atoms with E-state index < -0.39 is 17.7 Å². The monoisotopic (exact) mass is 453 g/mol. The number of rotatable bonds is 5. The standard InChI is InChI=1S/C26H22F3NO3/c1-3-33-25(32)16(2)17-9-13-20(14-10-17)30-15-23-21(5-4-6-22(23)24(30)31)18-7-11-19(12-8-18)26(27,28)29/h4-14,16H,3,15H2,1-2H3. The smallest absolute Gasteiger partial charge is 0.416 e. The molecule has 3 aromatic carbocycles. The number of esters is 1. The lowest BCUT2D eigenvalue weighted by Gasteiger charge is -2.17. The SMILES string of the molecule is CCOC(=O)C(C)c1ccc(N2Cc3c(cccc3-c3ccc(C(F)(F)F)cc3)C2=O)cc1. The van der Waals surface area contributed by atoms with Gasteiger partial charge in [0.15, 0.2) is 0 Å². The number of carbonyl (C=O) groups excluding carboxylic acids is 2. The summed E-state index contributed by atoms with van der Waals surface area (Å²) >= 11 is 0. The normalized spacial score (nSPS) is 14.2. The zero-order valence-corrected chi connectivity index (χ0v) is 18.1. The van der Waals surface area contributed by atoms with Crippen LogP contribution < -0.4 is 4.90 Å². The maximum Gasteiger partial charge on any atom is 0.416 e. The molecular weight excluding hydrogens is 431 g/mol. The Morgan fingerprint density at radius 1 is 1.00 bits per heavy atom. The van der Waals surface area contributed by atoms with Crippen molar-refractivity contribution < 1.29 is 27.5 Å². The lowest BCUT2D eigenvalue weighted by atomic mass is 9.96. The van der Waals surface area contributed by atoms with E-state index >= 15 is 0 Å². The number of ether oxygens (including phenoxy) is 1. The van der Waals surface area contributed by atoms with Crippen LogP contribution in [0.3, 0.4) is 0 Å². The molecule has 4 nitrogen and oxygen atoms in total. The summed E-state index contributed by atoms with van der Waals surface area (Å²) in [6, 6.07) is 17.4. The summed E-state index contributed by atoms with van der Waals surface area (Å²) in [4.78, 5) is 26.7. The Hall–Kier alpha value is -3.61. The first-order chi connectivity index (χ1) is 15.7. The zero-order valence-electron chi connectivity index (χ0n) is 18.1. The second-order valence-corrected chi connectivity index (χ2v) is 7.86. The molecule has 170 valence electrons. The Bertz CT molecular complexity index is 1180. The van der Waals surface area contributed by atoms with Crippen LogP contribution in [0.15, 0.2) is 66.7 Å². The van der Waals surface area contributed by atoms with E-state index in [0.717, 1.165) is 28.8 Å². The summed E-state index contributed by atoms with van der Waals surface area (Å²) in [5.74, 6) is -0.905. The molecule has 1 aliphatic heterocycles. The zero-order chi connectivity index (χ0) is 23.8. The Kier molecular flexibility index (Phi) is 5.97. The van der Waals surface area contributed by atoms with Crippen LogP contribution in [0.25, 0.3) is 11.1 Å². The fourth-order valence-corrected chi connectivity index (χ4v) is 4.00. The Morgan fingerprint density at radius 3 is 2.24 bits per heavy atom. The third kappa shape index (κ3) is 4.35. The van der Waals surface area contributed by atoms with Crippen LogP contribution in [-0.2, 0) is 22.3 Å². The molecule has 0 spiro atoms. The Balaban J connectivity index is 1.60. The van der Waals surface area contributed by atoms with Crippen LogP contribution >= 0.6 is 0 Å². The van der Waals surface area contributed by atoms with Crippen molar-refractivity contribution in [3.05, 3.63) is 89.0 Å². The van der Waals surface area contributed by atoms with Crippen LogP contribution in [-0.4, -0.2) is 18.5 Å². The number of anilines is 1. The molecule has 1 unspecified atom stereocenters. The average Bonchev–Trinajstić information content (AvgIpc) is 3.15. The van der Waals surface area contributed by atoms with Crippen molar-refractivity contribution in [1.82, 2.24) is 0 Å². The Labute approximate surface area is 189 Å². The minimum Gasteiger partial charge on any atom is -0.466 e.